The maximum absolute atomic E-state index is 12.0. The van der Waals surface area contributed by atoms with Crippen LogP contribution in [0.3, 0.4) is 0 Å². The summed E-state index contributed by atoms with van der Waals surface area (Å²) in [4.78, 5) is 12.9. The topological polar surface area (TPSA) is 75.7 Å². The van der Waals surface area contributed by atoms with Gasteiger partial charge >= 0.3 is 0 Å². The number of carbonyl (C=O) groups is 1. The third kappa shape index (κ3) is 6.49. The molecule has 25 heavy (non-hydrogen) atoms. The van der Waals surface area contributed by atoms with Gasteiger partial charge in [-0.15, -0.1) is 11.3 Å². The van der Waals surface area contributed by atoms with Crippen molar-refractivity contribution in [1.82, 2.24) is 9.62 Å². The van der Waals surface area contributed by atoms with E-state index in [1.807, 2.05) is 29.6 Å². The fourth-order valence-electron chi connectivity index (χ4n) is 2.25. The predicted octanol–water partition coefficient (Wildman–Crippen LogP) is 1.88. The molecule has 0 aliphatic heterocycles. The Kier molecular flexibility index (Phi) is 6.98. The van der Waals surface area contributed by atoms with Gasteiger partial charge in [-0.3, -0.25) is 4.79 Å². The van der Waals surface area contributed by atoms with Gasteiger partial charge in [0.1, 0.15) is 5.75 Å². The molecule has 8 heteroatoms. The highest BCUT2D eigenvalue weighted by atomic mass is 32.2. The van der Waals surface area contributed by atoms with Crippen molar-refractivity contribution < 1.29 is 17.9 Å². The summed E-state index contributed by atoms with van der Waals surface area (Å²) >= 11 is 1.52. The molecule has 1 amide bonds. The normalized spacial score (nSPS) is 11.5. The fraction of sp³-hybridized carbons (Fsp3) is 0.353. The summed E-state index contributed by atoms with van der Waals surface area (Å²) in [5.74, 6) is 0.607. The van der Waals surface area contributed by atoms with E-state index in [0.717, 1.165) is 16.2 Å². The molecule has 1 N–H and O–H groups in total. The van der Waals surface area contributed by atoms with Crippen LogP contribution in [0.25, 0.3) is 0 Å². The quantitative estimate of drug-likeness (QED) is 0.718. The number of nitrogens with one attached hydrogen (secondary N) is 1. The highest BCUT2D eigenvalue weighted by molar-refractivity contribution is 7.88. The average Bonchev–Trinajstić information content (AvgIpc) is 3.06. The molecule has 0 bridgehead atoms. The van der Waals surface area contributed by atoms with Gasteiger partial charge < -0.3 is 10.1 Å². The van der Waals surface area contributed by atoms with E-state index in [0.29, 0.717) is 6.42 Å². The summed E-state index contributed by atoms with van der Waals surface area (Å²) in [6, 6.07) is 11.0. The Morgan fingerprint density at radius 1 is 1.24 bits per heavy atom. The fourth-order valence-corrected chi connectivity index (χ4v) is 3.76. The third-order valence-electron chi connectivity index (χ3n) is 3.59. The van der Waals surface area contributed by atoms with Crippen LogP contribution in [0.15, 0.2) is 41.8 Å². The molecule has 0 atom stereocenters. The molecule has 0 spiro atoms. The minimum Gasteiger partial charge on any atom is -0.497 e. The summed E-state index contributed by atoms with van der Waals surface area (Å²) in [6.07, 6.45) is 1.49. The Bertz CT molecular complexity index is 771. The molecule has 0 saturated heterocycles. The van der Waals surface area contributed by atoms with Crippen LogP contribution in [0, 0.1) is 0 Å². The van der Waals surface area contributed by atoms with Crippen LogP contribution < -0.4 is 10.1 Å². The van der Waals surface area contributed by atoms with Crippen molar-refractivity contribution in [3.8, 4) is 5.75 Å². The Hall–Kier alpha value is -1.90. The first-order valence-electron chi connectivity index (χ1n) is 7.75. The van der Waals surface area contributed by atoms with E-state index in [2.05, 4.69) is 5.32 Å². The van der Waals surface area contributed by atoms with E-state index in [9.17, 15) is 13.2 Å². The standard InChI is InChI=1S/C17H22N2O4S2/c1-23-15-7-5-14(6-8-15)13-19(25(2,21)22)10-9-18-17(20)12-16-4-3-11-24-16/h3-8,11H,9-10,12-13H2,1-2H3,(H,18,20). The lowest BCUT2D eigenvalue weighted by atomic mass is 10.2. The van der Waals surface area contributed by atoms with Crippen LogP contribution in [-0.2, 0) is 27.8 Å². The Labute approximate surface area is 152 Å². The maximum atomic E-state index is 12.0. The van der Waals surface area contributed by atoms with E-state index in [1.54, 1.807) is 19.2 Å². The van der Waals surface area contributed by atoms with Crippen molar-refractivity contribution in [2.24, 2.45) is 0 Å². The second-order valence-corrected chi connectivity index (χ2v) is 8.57. The minimum atomic E-state index is -3.37. The smallest absolute Gasteiger partial charge is 0.225 e. The van der Waals surface area contributed by atoms with Crippen molar-refractivity contribution in [3.05, 3.63) is 52.2 Å². The highest BCUT2D eigenvalue weighted by Gasteiger charge is 2.17. The summed E-state index contributed by atoms with van der Waals surface area (Å²) in [5, 5.41) is 4.69. The first kappa shape index (κ1) is 19.4. The molecule has 2 aromatic rings. The first-order valence-corrected chi connectivity index (χ1v) is 10.5. The number of thiophene rings is 1. The van der Waals surface area contributed by atoms with E-state index in [4.69, 9.17) is 4.74 Å². The van der Waals surface area contributed by atoms with Crippen molar-refractivity contribution in [2.45, 2.75) is 13.0 Å². The second kappa shape index (κ2) is 8.98. The summed E-state index contributed by atoms with van der Waals surface area (Å²) in [6.45, 7) is 0.748. The van der Waals surface area contributed by atoms with Gasteiger partial charge in [-0.2, -0.15) is 4.31 Å². The second-order valence-electron chi connectivity index (χ2n) is 5.55. The molecular formula is C17H22N2O4S2. The number of rotatable bonds is 9. The van der Waals surface area contributed by atoms with Gasteiger partial charge in [0, 0.05) is 24.5 Å². The first-order chi connectivity index (χ1) is 11.9. The van der Waals surface area contributed by atoms with Crippen LogP contribution in [0.1, 0.15) is 10.4 Å². The highest BCUT2D eigenvalue weighted by Crippen LogP contribution is 2.14. The van der Waals surface area contributed by atoms with Gasteiger partial charge in [-0.25, -0.2) is 8.42 Å². The summed E-state index contributed by atoms with van der Waals surface area (Å²) in [5.41, 5.74) is 0.858. The number of amides is 1. The summed E-state index contributed by atoms with van der Waals surface area (Å²) < 4.78 is 30.4. The molecule has 0 unspecified atom stereocenters. The lowest BCUT2D eigenvalue weighted by Gasteiger charge is -2.20. The van der Waals surface area contributed by atoms with Gasteiger partial charge in [-0.05, 0) is 29.1 Å². The van der Waals surface area contributed by atoms with Gasteiger partial charge in [0.05, 0.1) is 19.8 Å². The minimum absolute atomic E-state index is 0.111. The molecule has 1 aromatic carbocycles. The molecule has 136 valence electrons. The molecular weight excluding hydrogens is 360 g/mol. The number of hydrogen-bond acceptors (Lipinski definition) is 5. The molecule has 1 heterocycles. The zero-order chi connectivity index (χ0) is 18.3. The number of nitrogens with zero attached hydrogens (tertiary/aromatic N) is 1. The van der Waals surface area contributed by atoms with Crippen LogP contribution in [0.4, 0.5) is 0 Å². The Morgan fingerprint density at radius 2 is 1.96 bits per heavy atom. The van der Waals surface area contributed by atoms with Crippen molar-refractivity contribution >= 4 is 27.3 Å². The molecule has 2 rings (SSSR count). The average molecular weight is 383 g/mol. The zero-order valence-electron chi connectivity index (χ0n) is 14.3. The van der Waals surface area contributed by atoms with Gasteiger partial charge in [0.15, 0.2) is 0 Å². The Balaban J connectivity index is 1.88. The van der Waals surface area contributed by atoms with Crippen molar-refractivity contribution in [2.75, 3.05) is 26.5 Å². The monoisotopic (exact) mass is 382 g/mol. The van der Waals surface area contributed by atoms with E-state index in [-0.39, 0.29) is 25.5 Å². The number of methoxy groups -OCH3 is 1. The molecule has 0 aliphatic rings. The zero-order valence-corrected chi connectivity index (χ0v) is 15.9. The number of hydrogen-bond donors (Lipinski definition) is 1. The van der Waals surface area contributed by atoms with Crippen LogP contribution in [-0.4, -0.2) is 45.1 Å². The van der Waals surface area contributed by atoms with Gasteiger partial charge in [0.2, 0.25) is 15.9 Å². The maximum Gasteiger partial charge on any atom is 0.225 e. The number of ether oxygens (including phenoxy) is 1. The molecule has 0 radical (unpaired) electrons. The third-order valence-corrected chi connectivity index (χ3v) is 5.71. The lowest BCUT2D eigenvalue weighted by molar-refractivity contribution is -0.120. The number of benzene rings is 1. The largest absolute Gasteiger partial charge is 0.497 e. The predicted molar refractivity (Wildman–Crippen MR) is 99.3 cm³/mol. The summed E-state index contributed by atoms with van der Waals surface area (Å²) in [7, 11) is -1.79. The van der Waals surface area contributed by atoms with Gasteiger partial charge in [-0.1, -0.05) is 18.2 Å². The molecule has 6 nitrogen and oxygen atoms in total. The van der Waals surface area contributed by atoms with Gasteiger partial charge in [0.25, 0.3) is 0 Å². The lowest BCUT2D eigenvalue weighted by Crippen LogP contribution is -2.38. The van der Waals surface area contributed by atoms with Crippen molar-refractivity contribution in [3.63, 3.8) is 0 Å². The molecule has 1 aromatic heterocycles. The number of sulfonamides is 1. The van der Waals surface area contributed by atoms with E-state index < -0.39 is 10.0 Å². The molecule has 0 saturated carbocycles. The van der Waals surface area contributed by atoms with Crippen LogP contribution in [0.5, 0.6) is 5.75 Å². The molecule has 0 aliphatic carbocycles. The van der Waals surface area contributed by atoms with Crippen LogP contribution in [0.2, 0.25) is 0 Å². The Morgan fingerprint density at radius 3 is 2.52 bits per heavy atom. The van der Waals surface area contributed by atoms with E-state index in [1.165, 1.54) is 21.9 Å². The van der Waals surface area contributed by atoms with Crippen molar-refractivity contribution in [1.29, 1.82) is 0 Å². The molecule has 0 fully saturated rings. The number of carbonyl (C=O) groups excluding carboxylic acids is 1. The van der Waals surface area contributed by atoms with Crippen LogP contribution >= 0.6 is 11.3 Å². The van der Waals surface area contributed by atoms with E-state index >= 15 is 0 Å². The SMILES string of the molecule is COc1ccc(CN(CCNC(=O)Cc2cccs2)S(C)(=O)=O)cc1.